The number of nitrogens with zero attached hydrogens (tertiary/aromatic N) is 2. The van der Waals surface area contributed by atoms with Crippen molar-refractivity contribution in [3.63, 3.8) is 0 Å². The first-order valence-corrected chi connectivity index (χ1v) is 8.95. The molecule has 1 fully saturated rings. The summed E-state index contributed by atoms with van der Waals surface area (Å²) in [5.74, 6) is 0.979. The maximum atomic E-state index is 12.4. The third kappa shape index (κ3) is 4.63. The van der Waals surface area contributed by atoms with Gasteiger partial charge in [-0.15, -0.1) is 0 Å². The van der Waals surface area contributed by atoms with E-state index in [0.717, 1.165) is 30.1 Å². The lowest BCUT2D eigenvalue weighted by Gasteiger charge is -2.36. The molecular weight excluding hydrogens is 328 g/mol. The van der Waals surface area contributed by atoms with Crippen molar-refractivity contribution in [2.45, 2.75) is 13.3 Å². The van der Waals surface area contributed by atoms with E-state index in [1.165, 1.54) is 0 Å². The Labute approximate surface area is 154 Å². The Balaban J connectivity index is 1.46. The van der Waals surface area contributed by atoms with E-state index in [1.54, 1.807) is 6.92 Å². The Bertz CT molecular complexity index is 753. The number of rotatable bonds is 6. The number of Topliss-reactive ketones (excluding diaryl/α,β-unsaturated/α-hetero) is 1. The van der Waals surface area contributed by atoms with E-state index in [9.17, 15) is 9.59 Å². The zero-order chi connectivity index (χ0) is 18.4. The van der Waals surface area contributed by atoms with Crippen LogP contribution in [0.1, 0.15) is 23.7 Å². The van der Waals surface area contributed by atoms with Crippen molar-refractivity contribution in [3.05, 3.63) is 60.2 Å². The van der Waals surface area contributed by atoms with Gasteiger partial charge in [0.25, 0.3) is 0 Å². The van der Waals surface area contributed by atoms with Crippen LogP contribution in [0.5, 0.6) is 5.75 Å². The molecule has 136 valence electrons. The summed E-state index contributed by atoms with van der Waals surface area (Å²) in [4.78, 5) is 28.0. The summed E-state index contributed by atoms with van der Waals surface area (Å²) in [5, 5.41) is 0. The molecule has 2 aromatic rings. The molecule has 0 aromatic heterocycles. The van der Waals surface area contributed by atoms with Crippen LogP contribution in [-0.4, -0.2) is 49.4 Å². The first-order valence-electron chi connectivity index (χ1n) is 8.95. The molecule has 0 N–H and O–H groups in total. The number of ketones is 1. The van der Waals surface area contributed by atoms with Crippen molar-refractivity contribution in [1.29, 1.82) is 0 Å². The Morgan fingerprint density at radius 2 is 1.69 bits per heavy atom. The van der Waals surface area contributed by atoms with Crippen LogP contribution >= 0.6 is 0 Å². The van der Waals surface area contributed by atoms with Crippen LogP contribution in [0.25, 0.3) is 0 Å². The molecule has 0 radical (unpaired) electrons. The fourth-order valence-electron chi connectivity index (χ4n) is 3.07. The highest BCUT2D eigenvalue weighted by Gasteiger charge is 2.21. The molecule has 0 atom stereocenters. The smallest absolute Gasteiger partial charge is 0.226 e. The minimum absolute atomic E-state index is 0.0686. The van der Waals surface area contributed by atoms with Gasteiger partial charge in [-0.05, 0) is 31.2 Å². The van der Waals surface area contributed by atoms with Gasteiger partial charge in [-0.1, -0.05) is 30.3 Å². The summed E-state index contributed by atoms with van der Waals surface area (Å²) in [6.07, 6.45) is 0.384. The monoisotopic (exact) mass is 352 g/mol. The molecule has 0 bridgehead atoms. The summed E-state index contributed by atoms with van der Waals surface area (Å²) in [6, 6.07) is 17.2. The molecule has 26 heavy (non-hydrogen) atoms. The summed E-state index contributed by atoms with van der Waals surface area (Å²) in [5.41, 5.74) is 1.76. The Morgan fingerprint density at radius 1 is 0.962 bits per heavy atom. The number of carbonyl (C=O) groups excluding carboxylic acids is 2. The topological polar surface area (TPSA) is 49.9 Å². The number of ether oxygens (including phenoxy) is 1. The van der Waals surface area contributed by atoms with E-state index in [-0.39, 0.29) is 11.7 Å². The van der Waals surface area contributed by atoms with E-state index < -0.39 is 0 Å². The van der Waals surface area contributed by atoms with Crippen LogP contribution in [0, 0.1) is 0 Å². The molecule has 0 spiro atoms. The second-order valence-corrected chi connectivity index (χ2v) is 6.39. The summed E-state index contributed by atoms with van der Waals surface area (Å²) < 4.78 is 5.60. The number of anilines is 1. The third-order valence-electron chi connectivity index (χ3n) is 4.58. The first kappa shape index (κ1) is 18.0. The SMILES string of the molecule is CC(=O)c1cccc(N2CCN(C(=O)CCOc3ccccc3)CC2)c1. The van der Waals surface area contributed by atoms with Gasteiger partial charge in [0.1, 0.15) is 5.75 Å². The van der Waals surface area contributed by atoms with E-state index in [4.69, 9.17) is 4.74 Å². The maximum Gasteiger partial charge on any atom is 0.226 e. The molecule has 0 unspecified atom stereocenters. The second-order valence-electron chi connectivity index (χ2n) is 6.39. The fraction of sp³-hybridized carbons (Fsp3) is 0.333. The number of hydrogen-bond donors (Lipinski definition) is 0. The van der Waals surface area contributed by atoms with Crippen LogP contribution in [-0.2, 0) is 4.79 Å². The minimum Gasteiger partial charge on any atom is -0.493 e. The molecule has 5 nitrogen and oxygen atoms in total. The zero-order valence-corrected chi connectivity index (χ0v) is 15.1. The van der Waals surface area contributed by atoms with Crippen LogP contribution in [0.3, 0.4) is 0 Å². The van der Waals surface area contributed by atoms with Crippen molar-refractivity contribution < 1.29 is 14.3 Å². The third-order valence-corrected chi connectivity index (χ3v) is 4.58. The van der Waals surface area contributed by atoms with Crippen molar-refractivity contribution in [2.75, 3.05) is 37.7 Å². The van der Waals surface area contributed by atoms with E-state index in [2.05, 4.69) is 4.90 Å². The van der Waals surface area contributed by atoms with Crippen LogP contribution < -0.4 is 9.64 Å². The van der Waals surface area contributed by atoms with Crippen LogP contribution in [0.2, 0.25) is 0 Å². The second kappa shape index (κ2) is 8.52. The Kier molecular flexibility index (Phi) is 5.89. The van der Waals surface area contributed by atoms with Gasteiger partial charge in [-0.3, -0.25) is 9.59 Å². The average Bonchev–Trinajstić information content (AvgIpc) is 2.69. The molecule has 1 amide bonds. The van der Waals surface area contributed by atoms with Gasteiger partial charge in [0.2, 0.25) is 5.91 Å². The van der Waals surface area contributed by atoms with Crippen molar-refractivity contribution in [1.82, 2.24) is 4.90 Å². The standard InChI is InChI=1S/C21H24N2O3/c1-17(24)18-6-5-7-19(16-18)22-11-13-23(14-12-22)21(25)10-15-26-20-8-3-2-4-9-20/h2-9,16H,10-15H2,1H3. The Hall–Kier alpha value is -2.82. The first-order chi connectivity index (χ1) is 12.6. The summed E-state index contributed by atoms with van der Waals surface area (Å²) in [6.45, 7) is 4.89. The quantitative estimate of drug-likeness (QED) is 0.750. The number of piperazine rings is 1. The number of carbonyl (C=O) groups is 2. The molecule has 0 aliphatic carbocycles. The molecule has 1 aliphatic rings. The maximum absolute atomic E-state index is 12.4. The van der Waals surface area contributed by atoms with Gasteiger partial charge >= 0.3 is 0 Å². The van der Waals surface area contributed by atoms with Crippen molar-refractivity contribution in [2.24, 2.45) is 0 Å². The molecule has 2 aromatic carbocycles. The fourth-order valence-corrected chi connectivity index (χ4v) is 3.07. The van der Waals surface area contributed by atoms with Crippen LogP contribution in [0.15, 0.2) is 54.6 Å². The molecule has 3 rings (SSSR count). The predicted octanol–water partition coefficient (Wildman–Crippen LogP) is 3.01. The lowest BCUT2D eigenvalue weighted by Crippen LogP contribution is -2.49. The molecule has 1 aliphatic heterocycles. The van der Waals surface area contributed by atoms with Crippen molar-refractivity contribution in [3.8, 4) is 5.75 Å². The number of hydrogen-bond acceptors (Lipinski definition) is 4. The number of para-hydroxylation sites is 1. The molecule has 1 heterocycles. The average molecular weight is 352 g/mol. The highest BCUT2D eigenvalue weighted by Crippen LogP contribution is 2.19. The molecule has 1 saturated heterocycles. The Morgan fingerprint density at radius 3 is 2.38 bits per heavy atom. The van der Waals surface area contributed by atoms with Gasteiger partial charge in [0, 0.05) is 37.4 Å². The molecule has 0 saturated carbocycles. The van der Waals surface area contributed by atoms with E-state index in [0.29, 0.717) is 26.1 Å². The van der Waals surface area contributed by atoms with E-state index >= 15 is 0 Å². The van der Waals surface area contributed by atoms with Crippen LogP contribution in [0.4, 0.5) is 5.69 Å². The van der Waals surface area contributed by atoms with Gasteiger partial charge in [-0.25, -0.2) is 0 Å². The highest BCUT2D eigenvalue weighted by atomic mass is 16.5. The normalized spacial score (nSPS) is 14.2. The minimum atomic E-state index is 0.0686. The summed E-state index contributed by atoms with van der Waals surface area (Å²) in [7, 11) is 0. The van der Waals surface area contributed by atoms with Gasteiger partial charge in [0.15, 0.2) is 5.78 Å². The predicted molar refractivity (Wildman–Crippen MR) is 102 cm³/mol. The molecular formula is C21H24N2O3. The van der Waals surface area contributed by atoms with E-state index in [1.807, 2.05) is 59.5 Å². The lowest BCUT2D eigenvalue weighted by molar-refractivity contribution is -0.132. The van der Waals surface area contributed by atoms with Crippen molar-refractivity contribution >= 4 is 17.4 Å². The van der Waals surface area contributed by atoms with Gasteiger partial charge in [-0.2, -0.15) is 0 Å². The van der Waals surface area contributed by atoms with Gasteiger partial charge in [0.05, 0.1) is 13.0 Å². The lowest BCUT2D eigenvalue weighted by atomic mass is 10.1. The molecule has 5 heteroatoms. The zero-order valence-electron chi connectivity index (χ0n) is 15.1. The largest absolute Gasteiger partial charge is 0.493 e. The number of amides is 1. The highest BCUT2D eigenvalue weighted by molar-refractivity contribution is 5.95. The number of benzene rings is 2. The van der Waals surface area contributed by atoms with Gasteiger partial charge < -0.3 is 14.5 Å². The summed E-state index contributed by atoms with van der Waals surface area (Å²) >= 11 is 0.